The van der Waals surface area contributed by atoms with Gasteiger partial charge in [0.2, 0.25) is 5.13 Å². The van der Waals surface area contributed by atoms with Gasteiger partial charge in [0, 0.05) is 45.4 Å². The molecule has 0 aliphatic carbocycles. The van der Waals surface area contributed by atoms with E-state index >= 15 is 0 Å². The van der Waals surface area contributed by atoms with E-state index in [0.717, 1.165) is 58.5 Å². The Kier molecular flexibility index (Phi) is 13.0. The molecule has 6 N–H and O–H groups in total. The molecule has 8 aromatic rings. The number of fused-ring (bicyclic) bond motifs is 2. The number of anilines is 4. The molecule has 24 nitrogen and oxygen atoms in total. The monoisotopic (exact) mass is 1060 g/mol. The van der Waals surface area contributed by atoms with Crippen molar-refractivity contribution in [3.63, 3.8) is 0 Å². The van der Waals surface area contributed by atoms with E-state index in [9.17, 15) is 67.3 Å². The number of thiazole rings is 1. The largest absolute Gasteiger partial charge is 0.339 e. The lowest BCUT2D eigenvalue weighted by molar-refractivity contribution is -0.384. The van der Waals surface area contributed by atoms with Crippen LogP contribution in [0, 0.1) is 28.4 Å². The van der Waals surface area contributed by atoms with Gasteiger partial charge in [-0.25, -0.2) is 9.97 Å². The van der Waals surface area contributed by atoms with Gasteiger partial charge in [0.05, 0.1) is 26.0 Å². The molecule has 360 valence electrons. The Labute approximate surface area is 404 Å². The minimum Gasteiger partial charge on any atom is -0.339 e. The molecule has 0 aliphatic heterocycles. The van der Waals surface area contributed by atoms with Gasteiger partial charge in [-0.15, -0.1) is 20.5 Å². The van der Waals surface area contributed by atoms with E-state index in [1.54, 1.807) is 24.3 Å². The smallest absolute Gasteiger partial charge is 0.295 e. The molecule has 29 heteroatoms. The second kappa shape index (κ2) is 18.7. The molecule has 2 heterocycles. The number of rotatable bonds is 14. The second-order valence-electron chi connectivity index (χ2n) is 14.8. The van der Waals surface area contributed by atoms with Crippen LogP contribution in [-0.4, -0.2) is 66.8 Å². The molecule has 0 fully saturated rings. The van der Waals surface area contributed by atoms with Crippen LogP contribution in [0.1, 0.15) is 11.1 Å². The Morgan fingerprint density at radius 1 is 0.634 bits per heavy atom. The number of aromatic nitrogens is 2. The van der Waals surface area contributed by atoms with Gasteiger partial charge in [-0.3, -0.25) is 28.3 Å². The van der Waals surface area contributed by atoms with Crippen LogP contribution in [0.5, 0.6) is 0 Å². The molecular weight excluding hydrogens is 1030 g/mol. The van der Waals surface area contributed by atoms with E-state index in [4.69, 9.17) is 0 Å². The van der Waals surface area contributed by atoms with Gasteiger partial charge >= 0.3 is 0 Å². The van der Waals surface area contributed by atoms with Crippen molar-refractivity contribution in [3.05, 3.63) is 137 Å². The van der Waals surface area contributed by atoms with Crippen LogP contribution >= 0.6 is 11.3 Å². The first kappa shape index (κ1) is 49.4. The molecular formula is C42H28N10O14S5. The maximum atomic E-state index is 12.6. The van der Waals surface area contributed by atoms with Crippen molar-refractivity contribution in [2.75, 3.05) is 10.6 Å². The maximum absolute atomic E-state index is 12.6. The molecule has 0 amide bonds. The van der Waals surface area contributed by atoms with Crippen LogP contribution in [0.3, 0.4) is 0 Å². The third kappa shape index (κ3) is 10.7. The Hall–Kier alpha value is -8.05. The Morgan fingerprint density at radius 3 is 1.76 bits per heavy atom. The molecule has 0 radical (unpaired) electrons. The molecule has 0 spiro atoms. The molecule has 2 aromatic heterocycles. The summed E-state index contributed by atoms with van der Waals surface area (Å²) in [5.74, 6) is -0.141. The minimum atomic E-state index is -5.25. The molecule has 0 atom stereocenters. The highest BCUT2D eigenvalue weighted by atomic mass is 32.2. The third-order valence-corrected chi connectivity index (χ3v) is 14.5. The molecule has 6 aromatic carbocycles. The fourth-order valence-corrected chi connectivity index (χ4v) is 10.0. The van der Waals surface area contributed by atoms with Crippen LogP contribution in [0.25, 0.3) is 32.8 Å². The number of hydrogen-bond acceptors (Lipinski definition) is 20. The molecule has 71 heavy (non-hydrogen) atoms. The van der Waals surface area contributed by atoms with E-state index in [1.807, 2.05) is 24.3 Å². The Bertz CT molecular complexity index is 4110. The number of nitro benzene ring substituents is 1. The van der Waals surface area contributed by atoms with Crippen LogP contribution in [-0.2, 0) is 40.5 Å². The van der Waals surface area contributed by atoms with E-state index < -0.39 is 87.1 Å². The lowest BCUT2D eigenvalue weighted by Gasteiger charge is -2.16. The zero-order valence-electron chi connectivity index (χ0n) is 35.5. The summed E-state index contributed by atoms with van der Waals surface area (Å²) in [5.41, 5.74) is -0.193. The lowest BCUT2D eigenvalue weighted by atomic mass is 10.1. The predicted octanol–water partition coefficient (Wildman–Crippen LogP) is 9.90. The van der Waals surface area contributed by atoms with Crippen molar-refractivity contribution in [2.45, 2.75) is 26.5 Å². The molecule has 0 saturated carbocycles. The van der Waals surface area contributed by atoms with E-state index in [2.05, 4.69) is 41.1 Å². The summed E-state index contributed by atoms with van der Waals surface area (Å²) in [4.78, 5) is 16.9. The summed E-state index contributed by atoms with van der Waals surface area (Å²) in [6.45, 7) is 1.51. The van der Waals surface area contributed by atoms with Gasteiger partial charge in [-0.1, -0.05) is 47.7 Å². The van der Waals surface area contributed by atoms with E-state index in [-0.39, 0.29) is 55.7 Å². The Morgan fingerprint density at radius 2 is 1.20 bits per heavy atom. The zero-order chi connectivity index (χ0) is 51.2. The van der Waals surface area contributed by atoms with Crippen LogP contribution in [0.2, 0.25) is 0 Å². The number of azo groups is 2. The number of benzene rings is 6. The van der Waals surface area contributed by atoms with Crippen molar-refractivity contribution >= 4 is 124 Å². The van der Waals surface area contributed by atoms with Crippen molar-refractivity contribution in [1.82, 2.24) is 9.97 Å². The first-order valence-corrected chi connectivity index (χ1v) is 26.1. The van der Waals surface area contributed by atoms with Crippen LogP contribution in [0.15, 0.2) is 155 Å². The van der Waals surface area contributed by atoms with E-state index in [0.29, 0.717) is 17.7 Å². The van der Waals surface area contributed by atoms with Gasteiger partial charge in [0.25, 0.3) is 46.2 Å². The van der Waals surface area contributed by atoms with E-state index in [1.165, 1.54) is 31.2 Å². The third-order valence-electron chi connectivity index (χ3n) is 10.2. The van der Waals surface area contributed by atoms with Gasteiger partial charge in [0.15, 0.2) is 16.6 Å². The van der Waals surface area contributed by atoms with Gasteiger partial charge in [-0.2, -0.15) is 38.9 Å². The topological polar surface area (TPSA) is 384 Å². The number of nitro groups is 1. The van der Waals surface area contributed by atoms with Crippen molar-refractivity contribution < 1.29 is 56.8 Å². The van der Waals surface area contributed by atoms with Gasteiger partial charge in [-0.05, 0) is 84.4 Å². The molecule has 0 saturated heterocycles. The fourth-order valence-electron chi connectivity index (χ4n) is 6.91. The van der Waals surface area contributed by atoms with Crippen molar-refractivity contribution in [1.29, 1.82) is 5.26 Å². The highest BCUT2D eigenvalue weighted by Crippen LogP contribution is 2.44. The summed E-state index contributed by atoms with van der Waals surface area (Å²) in [6, 6.07) is 27.2. The predicted molar refractivity (Wildman–Crippen MR) is 256 cm³/mol. The average molecular weight is 1060 g/mol. The summed E-state index contributed by atoms with van der Waals surface area (Å²) in [6.07, 6.45) is 0. The second-order valence-corrected chi connectivity index (χ2v) is 21.4. The molecule has 0 aliphatic rings. The molecule has 0 unspecified atom stereocenters. The fraction of sp³-hybridized carbons (Fsp3) is 0.0238. The van der Waals surface area contributed by atoms with Crippen molar-refractivity contribution in [3.8, 4) is 17.3 Å². The Balaban J connectivity index is 1.27. The zero-order valence-corrected chi connectivity index (χ0v) is 39.5. The summed E-state index contributed by atoms with van der Waals surface area (Å²) >= 11 is 0.792. The number of nitrogens with one attached hydrogen (secondary N) is 2. The minimum absolute atomic E-state index is 0.00540. The number of non-ortho nitro benzene ring substituents is 1. The SMILES string of the molecule is Cc1c(C#N)c(Nc2ccc(S(=O)(=O)O)cc2)nc(Nc2ccc(S(=O)(=O)O)cc2)c1/N=N/c1nc(-c2ccc3ccccc3c2)c(/N=N/c2cc(S(=O)(=O)O)c3cc([N+](=O)[O-])cc(S(=O)(=O)O)c3c2)s1. The quantitative estimate of drug-likeness (QED) is 0.0255. The average Bonchev–Trinajstić information content (AvgIpc) is 3.72. The molecule has 8 rings (SSSR count). The molecule has 0 bridgehead atoms. The standard InChI is InChI=1S/C42H28N10O14S5/c1-22-34(21-43)39(44-26-8-12-30(13-9-26)68(55,56)57)47-40(45-27-10-14-31(15-11-27)69(58,59)60)37(22)49-51-42-46-38(25-7-6-23-4-2-3-5-24(23)16-25)41(67-42)50-48-28-17-32-33(35(18-28)70(61,62)63)19-29(52(53)54)20-36(32)71(64,65)66/h2-20H,1H3,(H2,44,45,47)(H,55,56,57)(H,58,59,60)(H,61,62,63)(H,64,65,66)/b50-48+,51-49+. The highest BCUT2D eigenvalue weighted by molar-refractivity contribution is 7.86. The summed E-state index contributed by atoms with van der Waals surface area (Å²) in [5, 5.41) is 45.4. The normalized spacial score (nSPS) is 12.5. The lowest BCUT2D eigenvalue weighted by Crippen LogP contribution is -2.05. The highest BCUT2D eigenvalue weighted by Gasteiger charge is 2.26. The van der Waals surface area contributed by atoms with Crippen molar-refractivity contribution in [2.24, 2.45) is 20.5 Å². The first-order chi connectivity index (χ1) is 33.4. The maximum Gasteiger partial charge on any atom is 0.295 e. The van der Waals surface area contributed by atoms with Gasteiger partial charge in [0.1, 0.15) is 27.2 Å². The summed E-state index contributed by atoms with van der Waals surface area (Å²) < 4.78 is 136. The van der Waals surface area contributed by atoms with Crippen LogP contribution < -0.4 is 10.6 Å². The number of hydrogen-bond donors (Lipinski definition) is 6. The summed E-state index contributed by atoms with van der Waals surface area (Å²) in [7, 11) is -19.6. The number of nitrogens with zero attached hydrogens (tertiary/aromatic N) is 8. The number of nitriles is 1. The van der Waals surface area contributed by atoms with Crippen LogP contribution in [0.4, 0.5) is 50.2 Å². The first-order valence-electron chi connectivity index (χ1n) is 19.6. The van der Waals surface area contributed by atoms with Gasteiger partial charge < -0.3 is 10.6 Å². The number of pyridine rings is 1.